The first-order chi connectivity index (χ1) is 9.86. The van der Waals surface area contributed by atoms with E-state index in [1.165, 1.54) is 61.9 Å². The number of fused-ring (bicyclic) bond motifs is 1. The van der Waals surface area contributed by atoms with Crippen LogP contribution in [0.15, 0.2) is 18.2 Å². The van der Waals surface area contributed by atoms with E-state index >= 15 is 0 Å². The average molecular weight is 272 g/mol. The van der Waals surface area contributed by atoms with Gasteiger partial charge >= 0.3 is 0 Å². The maximum atomic E-state index is 3.69. The molecule has 1 aliphatic heterocycles. The molecule has 0 aromatic heterocycles. The van der Waals surface area contributed by atoms with Crippen LogP contribution in [0.25, 0.3) is 0 Å². The van der Waals surface area contributed by atoms with Crippen LogP contribution in [0.3, 0.4) is 0 Å². The highest BCUT2D eigenvalue weighted by atomic mass is 14.9. The van der Waals surface area contributed by atoms with Crippen molar-refractivity contribution in [3.63, 3.8) is 0 Å². The average Bonchev–Trinajstić information content (AvgIpc) is 2.97. The van der Waals surface area contributed by atoms with Crippen LogP contribution < -0.4 is 10.6 Å². The van der Waals surface area contributed by atoms with E-state index in [0.717, 1.165) is 24.9 Å². The van der Waals surface area contributed by atoms with Crippen LogP contribution in [0.4, 0.5) is 5.69 Å². The first-order valence-corrected chi connectivity index (χ1v) is 8.42. The van der Waals surface area contributed by atoms with Gasteiger partial charge in [0.25, 0.3) is 0 Å². The normalized spacial score (nSPS) is 25.2. The predicted octanol–water partition coefficient (Wildman–Crippen LogP) is 3.96. The third-order valence-corrected chi connectivity index (χ3v) is 5.23. The zero-order chi connectivity index (χ0) is 13.8. The number of para-hydroxylation sites is 1. The fourth-order valence-electron chi connectivity index (χ4n) is 3.81. The Balaban J connectivity index is 1.46. The van der Waals surface area contributed by atoms with E-state index in [-0.39, 0.29) is 0 Å². The van der Waals surface area contributed by atoms with E-state index < -0.39 is 0 Å². The van der Waals surface area contributed by atoms with Crippen molar-refractivity contribution in [3.05, 3.63) is 29.3 Å². The zero-order valence-corrected chi connectivity index (χ0v) is 12.8. The summed E-state index contributed by atoms with van der Waals surface area (Å²) < 4.78 is 0. The lowest BCUT2D eigenvalue weighted by molar-refractivity contribution is 0.262. The van der Waals surface area contributed by atoms with Crippen molar-refractivity contribution >= 4 is 5.69 Å². The standard InChI is InChI=1S/C18H28N2/c1-2-14-6-8-15(9-7-14)12-19-13-17-5-3-4-16-10-11-20-18(16)17/h3-5,14-15,19-20H,2,6-13H2,1H3. The Morgan fingerprint density at radius 2 is 1.95 bits per heavy atom. The molecule has 0 bridgehead atoms. The molecule has 0 spiro atoms. The zero-order valence-electron chi connectivity index (χ0n) is 12.8. The van der Waals surface area contributed by atoms with Crippen molar-refractivity contribution in [1.82, 2.24) is 5.32 Å². The van der Waals surface area contributed by atoms with Gasteiger partial charge in [-0.2, -0.15) is 0 Å². The highest BCUT2D eigenvalue weighted by Crippen LogP contribution is 2.30. The first-order valence-electron chi connectivity index (χ1n) is 8.42. The van der Waals surface area contributed by atoms with Gasteiger partial charge in [0.1, 0.15) is 0 Å². The van der Waals surface area contributed by atoms with Crippen molar-refractivity contribution in [1.29, 1.82) is 0 Å². The Morgan fingerprint density at radius 1 is 1.15 bits per heavy atom. The summed E-state index contributed by atoms with van der Waals surface area (Å²) in [6, 6.07) is 6.72. The lowest BCUT2D eigenvalue weighted by Gasteiger charge is -2.28. The summed E-state index contributed by atoms with van der Waals surface area (Å²) in [6.45, 7) is 5.66. The number of anilines is 1. The molecule has 2 heteroatoms. The van der Waals surface area contributed by atoms with E-state index in [9.17, 15) is 0 Å². The second-order valence-corrected chi connectivity index (χ2v) is 6.55. The topological polar surface area (TPSA) is 24.1 Å². The van der Waals surface area contributed by atoms with Gasteiger partial charge in [0.05, 0.1) is 0 Å². The quantitative estimate of drug-likeness (QED) is 0.848. The third-order valence-electron chi connectivity index (χ3n) is 5.23. The molecule has 2 aliphatic rings. The van der Waals surface area contributed by atoms with Gasteiger partial charge in [-0.05, 0) is 48.8 Å². The Hall–Kier alpha value is -1.02. The number of rotatable bonds is 5. The van der Waals surface area contributed by atoms with Gasteiger partial charge in [0, 0.05) is 18.8 Å². The summed E-state index contributed by atoms with van der Waals surface area (Å²) in [6.07, 6.45) is 8.32. The van der Waals surface area contributed by atoms with Crippen LogP contribution in [0.5, 0.6) is 0 Å². The predicted molar refractivity (Wildman–Crippen MR) is 86.1 cm³/mol. The maximum absolute atomic E-state index is 3.69. The molecule has 0 radical (unpaired) electrons. The van der Waals surface area contributed by atoms with Crippen molar-refractivity contribution in [2.24, 2.45) is 11.8 Å². The molecule has 2 nitrogen and oxygen atoms in total. The SMILES string of the molecule is CCC1CCC(CNCc2cccc3c2NCC3)CC1. The summed E-state index contributed by atoms with van der Waals surface area (Å²) >= 11 is 0. The fraction of sp³-hybridized carbons (Fsp3) is 0.667. The molecule has 1 heterocycles. The molecule has 1 fully saturated rings. The molecular weight excluding hydrogens is 244 g/mol. The summed E-state index contributed by atoms with van der Waals surface area (Å²) in [5.74, 6) is 1.91. The highest BCUT2D eigenvalue weighted by molar-refractivity contribution is 5.61. The first kappa shape index (κ1) is 13.9. The number of benzene rings is 1. The monoisotopic (exact) mass is 272 g/mol. The van der Waals surface area contributed by atoms with Gasteiger partial charge in [-0.15, -0.1) is 0 Å². The van der Waals surface area contributed by atoms with Crippen LogP contribution in [-0.4, -0.2) is 13.1 Å². The van der Waals surface area contributed by atoms with Crippen LogP contribution in [-0.2, 0) is 13.0 Å². The second-order valence-electron chi connectivity index (χ2n) is 6.55. The molecule has 1 aliphatic carbocycles. The maximum Gasteiger partial charge on any atom is 0.0419 e. The molecular formula is C18H28N2. The van der Waals surface area contributed by atoms with Gasteiger partial charge < -0.3 is 10.6 Å². The van der Waals surface area contributed by atoms with E-state index in [1.54, 1.807) is 0 Å². The highest BCUT2D eigenvalue weighted by Gasteiger charge is 2.20. The lowest BCUT2D eigenvalue weighted by atomic mass is 9.81. The Morgan fingerprint density at radius 3 is 2.75 bits per heavy atom. The minimum atomic E-state index is 0.905. The molecule has 0 saturated heterocycles. The molecule has 1 aromatic carbocycles. The van der Waals surface area contributed by atoms with Gasteiger partial charge in [-0.3, -0.25) is 0 Å². The molecule has 110 valence electrons. The Labute approximate surface area is 123 Å². The van der Waals surface area contributed by atoms with E-state index in [2.05, 4.69) is 35.8 Å². The van der Waals surface area contributed by atoms with Crippen molar-refractivity contribution in [3.8, 4) is 0 Å². The summed E-state index contributed by atoms with van der Waals surface area (Å²) in [4.78, 5) is 0. The molecule has 3 rings (SSSR count). The minimum Gasteiger partial charge on any atom is -0.384 e. The third kappa shape index (κ3) is 3.17. The summed E-state index contributed by atoms with van der Waals surface area (Å²) in [5, 5.41) is 7.22. The van der Waals surface area contributed by atoms with Crippen LogP contribution in [0.2, 0.25) is 0 Å². The molecule has 1 saturated carbocycles. The molecule has 0 amide bonds. The van der Waals surface area contributed by atoms with E-state index in [0.29, 0.717) is 0 Å². The largest absolute Gasteiger partial charge is 0.384 e. The van der Waals surface area contributed by atoms with Crippen LogP contribution >= 0.6 is 0 Å². The lowest BCUT2D eigenvalue weighted by Crippen LogP contribution is -2.26. The van der Waals surface area contributed by atoms with Crippen molar-refractivity contribution < 1.29 is 0 Å². The van der Waals surface area contributed by atoms with Gasteiger partial charge in [-0.25, -0.2) is 0 Å². The number of hydrogen-bond acceptors (Lipinski definition) is 2. The smallest absolute Gasteiger partial charge is 0.0419 e. The Bertz CT molecular complexity index is 433. The molecule has 1 aromatic rings. The molecule has 0 atom stereocenters. The van der Waals surface area contributed by atoms with Crippen molar-refractivity contribution in [2.45, 2.75) is 52.0 Å². The number of nitrogens with one attached hydrogen (secondary N) is 2. The fourth-order valence-corrected chi connectivity index (χ4v) is 3.81. The molecule has 0 unspecified atom stereocenters. The number of hydrogen-bond donors (Lipinski definition) is 2. The van der Waals surface area contributed by atoms with Crippen LogP contribution in [0, 0.1) is 11.8 Å². The van der Waals surface area contributed by atoms with Crippen LogP contribution in [0.1, 0.15) is 50.2 Å². The van der Waals surface area contributed by atoms with Gasteiger partial charge in [0.2, 0.25) is 0 Å². The second kappa shape index (κ2) is 6.62. The molecule has 2 N–H and O–H groups in total. The van der Waals surface area contributed by atoms with Gasteiger partial charge in [-0.1, -0.05) is 44.4 Å². The van der Waals surface area contributed by atoms with E-state index in [4.69, 9.17) is 0 Å². The summed E-state index contributed by atoms with van der Waals surface area (Å²) in [7, 11) is 0. The minimum absolute atomic E-state index is 0.905. The van der Waals surface area contributed by atoms with Crippen molar-refractivity contribution in [2.75, 3.05) is 18.4 Å². The molecule has 20 heavy (non-hydrogen) atoms. The van der Waals surface area contributed by atoms with E-state index in [1.807, 2.05) is 0 Å². The van der Waals surface area contributed by atoms with Gasteiger partial charge in [0.15, 0.2) is 0 Å². The summed E-state index contributed by atoms with van der Waals surface area (Å²) in [5.41, 5.74) is 4.34. The Kier molecular flexibility index (Phi) is 4.62.